The van der Waals surface area contributed by atoms with Crippen LogP contribution < -0.4 is 20.7 Å². The highest BCUT2D eigenvalue weighted by Crippen LogP contribution is 2.56. The quantitative estimate of drug-likeness (QED) is 0.349. The third-order valence-electron chi connectivity index (χ3n) is 8.20. The van der Waals surface area contributed by atoms with Gasteiger partial charge >= 0.3 is 0 Å². The van der Waals surface area contributed by atoms with Crippen molar-refractivity contribution in [3.05, 3.63) is 65.7 Å². The van der Waals surface area contributed by atoms with Gasteiger partial charge in [-0.05, 0) is 86.0 Å². The first-order valence-electron chi connectivity index (χ1n) is 13.3. The Morgan fingerprint density at radius 3 is 2.00 bits per heavy atom. The molecule has 0 aliphatic heterocycles. The van der Waals surface area contributed by atoms with Crippen molar-refractivity contribution in [1.82, 2.24) is 15.0 Å². The van der Waals surface area contributed by atoms with Gasteiger partial charge in [-0.1, -0.05) is 42.5 Å². The van der Waals surface area contributed by atoms with E-state index in [9.17, 15) is 0 Å². The number of anilines is 3. The number of rotatable bonds is 10. The first-order chi connectivity index (χ1) is 17.6. The van der Waals surface area contributed by atoms with Gasteiger partial charge in [-0.2, -0.15) is 15.0 Å². The van der Waals surface area contributed by atoms with Crippen LogP contribution in [-0.4, -0.2) is 34.1 Å². The lowest BCUT2D eigenvalue weighted by Crippen LogP contribution is -2.55. The molecule has 4 fully saturated rings. The van der Waals surface area contributed by atoms with Crippen LogP contribution in [0, 0.1) is 17.8 Å². The van der Waals surface area contributed by atoms with E-state index in [0.29, 0.717) is 24.4 Å². The van der Waals surface area contributed by atoms with Gasteiger partial charge in [0.15, 0.2) is 0 Å². The van der Waals surface area contributed by atoms with Gasteiger partial charge in [-0.15, -0.1) is 0 Å². The van der Waals surface area contributed by atoms with Crippen molar-refractivity contribution in [2.45, 2.75) is 57.0 Å². The van der Waals surface area contributed by atoms with Crippen molar-refractivity contribution in [3.63, 3.8) is 0 Å². The van der Waals surface area contributed by atoms with Gasteiger partial charge in [-0.3, -0.25) is 0 Å². The summed E-state index contributed by atoms with van der Waals surface area (Å²) in [5, 5.41) is 10.7. The SMILES string of the molecule is COc1ccc(CNc2nc(NCCc3ccccc3)nc(NC34CC5CC(CC(C5)C3)C4)n2)cc1. The molecule has 0 amide bonds. The van der Waals surface area contributed by atoms with E-state index in [0.717, 1.165) is 42.0 Å². The number of nitrogens with zero attached hydrogens (tertiary/aromatic N) is 3. The molecule has 1 aromatic heterocycles. The molecular formula is C29H36N6O. The highest BCUT2D eigenvalue weighted by atomic mass is 16.5. The summed E-state index contributed by atoms with van der Waals surface area (Å²) >= 11 is 0. The molecule has 7 heteroatoms. The first-order valence-corrected chi connectivity index (χ1v) is 13.3. The van der Waals surface area contributed by atoms with Crippen LogP contribution >= 0.6 is 0 Å². The van der Waals surface area contributed by atoms with Gasteiger partial charge in [0.2, 0.25) is 17.8 Å². The maximum absolute atomic E-state index is 5.28. The van der Waals surface area contributed by atoms with Crippen LogP contribution in [0.25, 0.3) is 0 Å². The van der Waals surface area contributed by atoms with Crippen LogP contribution in [0.3, 0.4) is 0 Å². The number of benzene rings is 2. The fraction of sp³-hybridized carbons (Fsp3) is 0.483. The smallest absolute Gasteiger partial charge is 0.229 e. The number of hydrogen-bond acceptors (Lipinski definition) is 7. The molecule has 3 aromatic rings. The molecule has 3 N–H and O–H groups in total. The maximum atomic E-state index is 5.28. The number of ether oxygens (including phenoxy) is 1. The van der Waals surface area contributed by atoms with Crippen molar-refractivity contribution in [2.75, 3.05) is 29.6 Å². The van der Waals surface area contributed by atoms with E-state index in [4.69, 9.17) is 19.7 Å². The highest BCUT2D eigenvalue weighted by Gasteiger charge is 2.51. The van der Waals surface area contributed by atoms with E-state index in [1.54, 1.807) is 7.11 Å². The molecule has 4 aliphatic carbocycles. The molecule has 0 spiro atoms. The molecular weight excluding hydrogens is 448 g/mol. The highest BCUT2D eigenvalue weighted by molar-refractivity contribution is 5.45. The summed E-state index contributed by atoms with van der Waals surface area (Å²) in [6.07, 6.45) is 8.90. The monoisotopic (exact) mass is 484 g/mol. The van der Waals surface area contributed by atoms with Crippen LogP contribution in [0.5, 0.6) is 5.75 Å². The Morgan fingerprint density at radius 1 is 0.750 bits per heavy atom. The Hall–Kier alpha value is -3.35. The Balaban J connectivity index is 1.18. The lowest BCUT2D eigenvalue weighted by Gasteiger charge is -2.56. The molecule has 188 valence electrons. The molecule has 0 saturated heterocycles. The van der Waals surface area contributed by atoms with Gasteiger partial charge in [0.05, 0.1) is 7.11 Å². The normalized spacial score (nSPS) is 26.0. The molecule has 4 aliphatic rings. The lowest BCUT2D eigenvalue weighted by molar-refractivity contribution is 0.0103. The standard InChI is InChI=1S/C29H36N6O/c1-36-25-9-7-21(8-10-25)19-31-27-32-26(30-12-11-20-5-3-2-4-6-20)33-28(34-27)35-29-16-22-13-23(17-29)15-24(14-22)18-29/h2-10,22-24H,11-19H2,1H3,(H3,30,31,32,33,34,35). The zero-order chi connectivity index (χ0) is 24.4. The molecule has 1 heterocycles. The summed E-state index contributed by atoms with van der Waals surface area (Å²) in [7, 11) is 1.68. The number of aromatic nitrogens is 3. The number of nitrogens with one attached hydrogen (secondary N) is 3. The van der Waals surface area contributed by atoms with Crippen molar-refractivity contribution in [2.24, 2.45) is 17.8 Å². The van der Waals surface area contributed by atoms with Gasteiger partial charge < -0.3 is 20.7 Å². The topological polar surface area (TPSA) is 84.0 Å². The minimum absolute atomic E-state index is 0.144. The van der Waals surface area contributed by atoms with Crippen LogP contribution in [0.15, 0.2) is 54.6 Å². The van der Waals surface area contributed by atoms with Crippen molar-refractivity contribution < 1.29 is 4.74 Å². The molecule has 7 rings (SSSR count). The zero-order valence-corrected chi connectivity index (χ0v) is 21.0. The van der Waals surface area contributed by atoms with Gasteiger partial charge in [0.25, 0.3) is 0 Å². The van der Waals surface area contributed by atoms with Crippen LogP contribution in [0.1, 0.15) is 49.7 Å². The summed E-state index contributed by atoms with van der Waals surface area (Å²) in [5.41, 5.74) is 2.58. The Bertz CT molecular complexity index is 1130. The summed E-state index contributed by atoms with van der Waals surface area (Å²) in [6.45, 7) is 1.40. The summed E-state index contributed by atoms with van der Waals surface area (Å²) in [6, 6.07) is 18.6. The second kappa shape index (κ2) is 9.96. The molecule has 0 atom stereocenters. The van der Waals surface area contributed by atoms with Gasteiger partial charge in [0, 0.05) is 18.6 Å². The fourth-order valence-electron chi connectivity index (χ4n) is 6.98. The average molecular weight is 485 g/mol. The van der Waals surface area contributed by atoms with E-state index in [1.807, 2.05) is 18.2 Å². The van der Waals surface area contributed by atoms with Crippen molar-refractivity contribution in [1.29, 1.82) is 0 Å². The Labute approximate surface area is 213 Å². The minimum Gasteiger partial charge on any atom is -0.497 e. The molecule has 4 bridgehead atoms. The maximum Gasteiger partial charge on any atom is 0.229 e. The van der Waals surface area contributed by atoms with E-state index in [-0.39, 0.29) is 5.54 Å². The molecule has 7 nitrogen and oxygen atoms in total. The lowest BCUT2D eigenvalue weighted by atomic mass is 9.53. The van der Waals surface area contributed by atoms with Gasteiger partial charge in [-0.25, -0.2) is 0 Å². The second-order valence-electron chi connectivity index (χ2n) is 11.0. The van der Waals surface area contributed by atoms with Crippen molar-refractivity contribution >= 4 is 17.8 Å². The predicted octanol–water partition coefficient (Wildman–Crippen LogP) is 5.53. The zero-order valence-electron chi connectivity index (χ0n) is 21.0. The van der Waals surface area contributed by atoms with E-state index in [2.05, 4.69) is 52.3 Å². The van der Waals surface area contributed by atoms with Gasteiger partial charge in [0.1, 0.15) is 5.75 Å². The van der Waals surface area contributed by atoms with Crippen molar-refractivity contribution in [3.8, 4) is 5.75 Å². The number of methoxy groups -OCH3 is 1. The predicted molar refractivity (Wildman–Crippen MR) is 143 cm³/mol. The Morgan fingerprint density at radius 2 is 1.36 bits per heavy atom. The largest absolute Gasteiger partial charge is 0.497 e. The minimum atomic E-state index is 0.144. The Kier molecular flexibility index (Phi) is 6.38. The fourth-order valence-corrected chi connectivity index (χ4v) is 6.98. The van der Waals surface area contributed by atoms with E-state index in [1.165, 1.54) is 44.1 Å². The molecule has 0 unspecified atom stereocenters. The van der Waals surface area contributed by atoms with Crippen LogP contribution in [0.4, 0.5) is 17.8 Å². The number of hydrogen-bond donors (Lipinski definition) is 3. The van der Waals surface area contributed by atoms with Crippen LogP contribution in [0.2, 0.25) is 0 Å². The van der Waals surface area contributed by atoms with E-state index < -0.39 is 0 Å². The summed E-state index contributed by atoms with van der Waals surface area (Å²) in [4.78, 5) is 14.3. The third-order valence-corrected chi connectivity index (χ3v) is 8.20. The third kappa shape index (κ3) is 5.25. The molecule has 2 aromatic carbocycles. The van der Waals surface area contributed by atoms with E-state index >= 15 is 0 Å². The first kappa shape index (κ1) is 23.1. The molecule has 0 radical (unpaired) electrons. The summed E-state index contributed by atoms with van der Waals surface area (Å²) < 4.78 is 5.28. The second-order valence-corrected chi connectivity index (χ2v) is 11.0. The molecule has 36 heavy (non-hydrogen) atoms. The summed E-state index contributed by atoms with van der Waals surface area (Å²) in [5.74, 6) is 5.34. The average Bonchev–Trinajstić information content (AvgIpc) is 2.87. The van der Waals surface area contributed by atoms with Crippen LogP contribution in [-0.2, 0) is 13.0 Å². The molecule has 4 saturated carbocycles.